The molecular weight excluding hydrogens is 226 g/mol. The zero-order chi connectivity index (χ0) is 13.0. The molecule has 0 spiro atoms. The molecule has 3 nitrogen and oxygen atoms in total. The van der Waals surface area contributed by atoms with Crippen LogP contribution in [0.25, 0.3) is 10.8 Å². The highest BCUT2D eigenvalue weighted by Crippen LogP contribution is 2.23. The topological polar surface area (TPSA) is 38.3 Å². The maximum atomic E-state index is 11.5. The van der Waals surface area contributed by atoms with E-state index in [9.17, 15) is 4.79 Å². The number of carbonyl (C=O) groups is 1. The zero-order valence-electron chi connectivity index (χ0n) is 10.6. The van der Waals surface area contributed by atoms with Crippen LogP contribution in [0.3, 0.4) is 0 Å². The number of methoxy groups -OCH3 is 1. The van der Waals surface area contributed by atoms with Crippen LogP contribution in [0.1, 0.15) is 18.5 Å². The maximum absolute atomic E-state index is 11.5. The molecule has 0 unspecified atom stereocenters. The van der Waals surface area contributed by atoms with E-state index < -0.39 is 0 Å². The molecule has 0 heterocycles. The van der Waals surface area contributed by atoms with E-state index in [0.29, 0.717) is 0 Å². The molecule has 3 heteroatoms. The Balaban J connectivity index is 2.27. The minimum absolute atomic E-state index is 0.0289. The summed E-state index contributed by atoms with van der Waals surface area (Å²) in [4.78, 5) is 11.5. The highest BCUT2D eigenvalue weighted by atomic mass is 16.5. The number of carbonyl (C=O) groups excluding carboxylic acids is 1. The molecule has 0 saturated carbocycles. The fourth-order valence-electron chi connectivity index (χ4n) is 2.12. The van der Waals surface area contributed by atoms with E-state index in [2.05, 4.69) is 23.5 Å². The van der Waals surface area contributed by atoms with Crippen molar-refractivity contribution in [1.29, 1.82) is 0 Å². The third-order valence-electron chi connectivity index (χ3n) is 2.94. The number of benzene rings is 2. The van der Waals surface area contributed by atoms with Crippen molar-refractivity contribution in [3.8, 4) is 0 Å². The number of fused-ring (bicyclic) bond motifs is 1. The Bertz CT molecular complexity index is 546. The summed E-state index contributed by atoms with van der Waals surface area (Å²) in [5.74, 6) is -0.0991. The minimum Gasteiger partial charge on any atom is -0.375 e. The van der Waals surface area contributed by atoms with Crippen LogP contribution in [0.5, 0.6) is 0 Å². The van der Waals surface area contributed by atoms with Gasteiger partial charge in [-0.2, -0.15) is 0 Å². The summed E-state index contributed by atoms with van der Waals surface area (Å²) in [5.41, 5.74) is 1.12. The first-order valence-corrected chi connectivity index (χ1v) is 5.98. The number of amides is 1. The summed E-state index contributed by atoms with van der Waals surface area (Å²) in [6.07, 6.45) is 0. The maximum Gasteiger partial charge on any atom is 0.246 e. The summed E-state index contributed by atoms with van der Waals surface area (Å²) in [6, 6.07) is 14.3. The molecule has 0 aliphatic rings. The summed E-state index contributed by atoms with van der Waals surface area (Å²) in [7, 11) is 1.52. The van der Waals surface area contributed by atoms with E-state index in [1.807, 2.05) is 31.2 Å². The second-order valence-corrected chi connectivity index (χ2v) is 4.29. The van der Waals surface area contributed by atoms with Crippen molar-refractivity contribution in [3.05, 3.63) is 48.0 Å². The lowest BCUT2D eigenvalue weighted by molar-refractivity contribution is -0.125. The van der Waals surface area contributed by atoms with Crippen molar-refractivity contribution in [2.75, 3.05) is 13.7 Å². The molecule has 0 bridgehead atoms. The Morgan fingerprint density at radius 3 is 2.72 bits per heavy atom. The molecule has 0 fully saturated rings. The van der Waals surface area contributed by atoms with Crippen LogP contribution < -0.4 is 5.32 Å². The summed E-state index contributed by atoms with van der Waals surface area (Å²) < 4.78 is 4.82. The molecule has 2 aromatic carbocycles. The lowest BCUT2D eigenvalue weighted by Crippen LogP contribution is -2.29. The second-order valence-electron chi connectivity index (χ2n) is 4.29. The third kappa shape index (κ3) is 2.68. The van der Waals surface area contributed by atoms with Crippen LogP contribution in [0.15, 0.2) is 42.5 Å². The van der Waals surface area contributed by atoms with Gasteiger partial charge in [-0.05, 0) is 23.3 Å². The minimum atomic E-state index is -0.0991. The highest BCUT2D eigenvalue weighted by molar-refractivity contribution is 5.87. The fourth-order valence-corrected chi connectivity index (χ4v) is 2.12. The van der Waals surface area contributed by atoms with Gasteiger partial charge in [-0.15, -0.1) is 0 Å². The van der Waals surface area contributed by atoms with Gasteiger partial charge in [0.05, 0.1) is 6.04 Å². The van der Waals surface area contributed by atoms with E-state index in [0.717, 1.165) is 5.56 Å². The lowest BCUT2D eigenvalue weighted by atomic mass is 10.00. The molecule has 18 heavy (non-hydrogen) atoms. The van der Waals surface area contributed by atoms with E-state index in [-0.39, 0.29) is 18.6 Å². The molecule has 0 radical (unpaired) electrons. The lowest BCUT2D eigenvalue weighted by Gasteiger charge is -2.16. The van der Waals surface area contributed by atoms with Gasteiger partial charge in [-0.1, -0.05) is 42.5 Å². The van der Waals surface area contributed by atoms with Crippen molar-refractivity contribution in [1.82, 2.24) is 5.32 Å². The SMILES string of the molecule is COCC(=O)N[C@@H](C)c1cccc2ccccc12. The van der Waals surface area contributed by atoms with Gasteiger partial charge in [0.2, 0.25) is 5.91 Å². The zero-order valence-corrected chi connectivity index (χ0v) is 10.6. The van der Waals surface area contributed by atoms with E-state index in [1.54, 1.807) is 0 Å². The van der Waals surface area contributed by atoms with Crippen LogP contribution in [0.4, 0.5) is 0 Å². The summed E-state index contributed by atoms with van der Waals surface area (Å²) in [5, 5.41) is 5.28. The first kappa shape index (κ1) is 12.6. The Hall–Kier alpha value is -1.87. The number of nitrogens with one attached hydrogen (secondary N) is 1. The molecule has 0 aliphatic carbocycles. The Kier molecular flexibility index (Phi) is 3.95. The molecule has 0 aliphatic heterocycles. The Labute approximate surface area is 107 Å². The van der Waals surface area contributed by atoms with Crippen LogP contribution in [-0.2, 0) is 9.53 Å². The van der Waals surface area contributed by atoms with Crippen molar-refractivity contribution >= 4 is 16.7 Å². The van der Waals surface area contributed by atoms with Crippen LogP contribution in [0, 0.1) is 0 Å². The Morgan fingerprint density at radius 2 is 1.94 bits per heavy atom. The smallest absolute Gasteiger partial charge is 0.246 e. The van der Waals surface area contributed by atoms with Gasteiger partial charge in [0.1, 0.15) is 6.61 Å². The largest absolute Gasteiger partial charge is 0.375 e. The van der Waals surface area contributed by atoms with Gasteiger partial charge in [-0.25, -0.2) is 0 Å². The van der Waals surface area contributed by atoms with Gasteiger partial charge >= 0.3 is 0 Å². The van der Waals surface area contributed by atoms with Crippen LogP contribution >= 0.6 is 0 Å². The second kappa shape index (κ2) is 5.65. The monoisotopic (exact) mass is 243 g/mol. The molecule has 0 aromatic heterocycles. The van der Waals surface area contributed by atoms with Gasteiger partial charge in [0, 0.05) is 7.11 Å². The molecule has 2 rings (SSSR count). The molecule has 1 amide bonds. The first-order valence-electron chi connectivity index (χ1n) is 5.98. The van der Waals surface area contributed by atoms with Gasteiger partial charge in [-0.3, -0.25) is 4.79 Å². The number of hydrogen-bond acceptors (Lipinski definition) is 2. The molecule has 2 aromatic rings. The molecular formula is C15H17NO2. The Morgan fingerprint density at radius 1 is 1.22 bits per heavy atom. The van der Waals surface area contributed by atoms with Gasteiger partial charge < -0.3 is 10.1 Å². The number of ether oxygens (including phenoxy) is 1. The normalized spacial score (nSPS) is 12.3. The molecule has 1 N–H and O–H groups in total. The van der Waals surface area contributed by atoms with Crippen LogP contribution in [0.2, 0.25) is 0 Å². The summed E-state index contributed by atoms with van der Waals surface area (Å²) >= 11 is 0. The molecule has 1 atom stereocenters. The predicted octanol–water partition coefficient (Wildman–Crippen LogP) is 2.66. The molecule has 0 saturated heterocycles. The van der Waals surface area contributed by atoms with Crippen molar-refractivity contribution in [3.63, 3.8) is 0 Å². The van der Waals surface area contributed by atoms with Crippen molar-refractivity contribution in [2.45, 2.75) is 13.0 Å². The number of rotatable bonds is 4. The van der Waals surface area contributed by atoms with E-state index >= 15 is 0 Å². The number of hydrogen-bond donors (Lipinski definition) is 1. The highest BCUT2D eigenvalue weighted by Gasteiger charge is 2.11. The predicted molar refractivity (Wildman–Crippen MR) is 72.4 cm³/mol. The van der Waals surface area contributed by atoms with Crippen LogP contribution in [-0.4, -0.2) is 19.6 Å². The van der Waals surface area contributed by atoms with Gasteiger partial charge in [0.15, 0.2) is 0 Å². The van der Waals surface area contributed by atoms with E-state index in [1.165, 1.54) is 17.9 Å². The third-order valence-corrected chi connectivity index (χ3v) is 2.94. The summed E-state index contributed by atoms with van der Waals surface area (Å²) in [6.45, 7) is 2.07. The molecule has 94 valence electrons. The van der Waals surface area contributed by atoms with Crippen molar-refractivity contribution < 1.29 is 9.53 Å². The average molecular weight is 243 g/mol. The fraction of sp³-hybridized carbons (Fsp3) is 0.267. The average Bonchev–Trinajstić information content (AvgIpc) is 2.38. The first-order chi connectivity index (χ1) is 8.72. The standard InChI is InChI=1S/C15H17NO2/c1-11(16-15(17)10-18-2)13-9-5-7-12-6-3-4-8-14(12)13/h3-9,11H,10H2,1-2H3,(H,16,17)/t11-/m0/s1. The quantitative estimate of drug-likeness (QED) is 0.896. The van der Waals surface area contributed by atoms with Gasteiger partial charge in [0.25, 0.3) is 0 Å². The van der Waals surface area contributed by atoms with Crippen molar-refractivity contribution in [2.24, 2.45) is 0 Å². The van der Waals surface area contributed by atoms with E-state index in [4.69, 9.17) is 4.74 Å².